The van der Waals surface area contributed by atoms with Crippen molar-refractivity contribution in [3.63, 3.8) is 0 Å². The van der Waals surface area contributed by atoms with Crippen LogP contribution in [-0.2, 0) is 23.6 Å². The standard InChI is InChI=1S/C18H29NO5Si/c1-22-25(2,3)10-13-11-7-8-12(13)16-15(11)17(20)19(18(16)21)24-14-6-4-5-9-23-14/h11-16H,4-10H2,1-3H3. The average molecular weight is 368 g/mol. The van der Waals surface area contributed by atoms with Gasteiger partial charge in [0.05, 0.1) is 11.8 Å². The van der Waals surface area contributed by atoms with E-state index in [1.165, 1.54) is 0 Å². The van der Waals surface area contributed by atoms with E-state index in [0.717, 1.165) is 43.2 Å². The summed E-state index contributed by atoms with van der Waals surface area (Å²) in [5.74, 6) is 0.473. The van der Waals surface area contributed by atoms with Crippen LogP contribution in [0.1, 0.15) is 32.1 Å². The van der Waals surface area contributed by atoms with Crippen molar-refractivity contribution in [3.8, 4) is 0 Å². The monoisotopic (exact) mass is 367 g/mol. The molecule has 2 heterocycles. The molecule has 0 radical (unpaired) electrons. The summed E-state index contributed by atoms with van der Waals surface area (Å²) in [5, 5.41) is 1.06. The lowest BCUT2D eigenvalue weighted by molar-refractivity contribution is -0.269. The molecule has 4 fully saturated rings. The highest BCUT2D eigenvalue weighted by Crippen LogP contribution is 2.61. The Bertz CT molecular complexity index is 532. The summed E-state index contributed by atoms with van der Waals surface area (Å²) >= 11 is 0. The summed E-state index contributed by atoms with van der Waals surface area (Å²) in [4.78, 5) is 31.6. The van der Waals surface area contributed by atoms with Crippen LogP contribution < -0.4 is 0 Å². The second-order valence-electron chi connectivity index (χ2n) is 8.66. The van der Waals surface area contributed by atoms with Crippen LogP contribution >= 0.6 is 0 Å². The summed E-state index contributed by atoms with van der Waals surface area (Å²) in [6.45, 7) is 5.08. The molecule has 2 amide bonds. The van der Waals surface area contributed by atoms with Crippen molar-refractivity contribution in [1.29, 1.82) is 0 Å². The third kappa shape index (κ3) is 2.89. The minimum atomic E-state index is -1.72. The van der Waals surface area contributed by atoms with Crippen molar-refractivity contribution in [2.45, 2.75) is 57.5 Å². The molecule has 7 heteroatoms. The van der Waals surface area contributed by atoms with Crippen LogP contribution in [-0.4, -0.2) is 45.2 Å². The lowest BCUT2D eigenvalue weighted by Gasteiger charge is -2.29. The van der Waals surface area contributed by atoms with Crippen molar-refractivity contribution in [1.82, 2.24) is 5.06 Å². The molecule has 140 valence electrons. The first-order valence-electron chi connectivity index (χ1n) is 9.64. The number of nitrogens with zero attached hydrogens (tertiary/aromatic N) is 1. The maximum absolute atomic E-state index is 12.9. The number of fused-ring (bicyclic) bond motifs is 5. The van der Waals surface area contributed by atoms with Gasteiger partial charge in [0, 0.05) is 20.1 Å². The molecule has 0 aromatic carbocycles. The molecular formula is C18H29NO5Si. The maximum atomic E-state index is 12.9. The summed E-state index contributed by atoms with van der Waals surface area (Å²) in [7, 11) is 0.0743. The Hall–Kier alpha value is -0.763. The molecule has 2 bridgehead atoms. The van der Waals surface area contributed by atoms with Crippen LogP contribution in [0.15, 0.2) is 0 Å². The molecule has 0 aromatic heterocycles. The molecule has 0 N–H and O–H groups in total. The molecule has 4 rings (SSSR count). The van der Waals surface area contributed by atoms with Gasteiger partial charge in [-0.3, -0.25) is 9.59 Å². The van der Waals surface area contributed by atoms with Gasteiger partial charge < -0.3 is 9.16 Å². The number of ether oxygens (including phenoxy) is 1. The van der Waals surface area contributed by atoms with Crippen LogP contribution in [0.4, 0.5) is 0 Å². The first kappa shape index (κ1) is 17.6. The third-order valence-corrected chi connectivity index (χ3v) is 9.41. The van der Waals surface area contributed by atoms with Gasteiger partial charge in [0.25, 0.3) is 11.8 Å². The largest absolute Gasteiger partial charge is 0.420 e. The van der Waals surface area contributed by atoms with E-state index in [2.05, 4.69) is 13.1 Å². The Morgan fingerprint density at radius 2 is 1.72 bits per heavy atom. The Labute approximate surface area is 150 Å². The molecule has 5 unspecified atom stereocenters. The second kappa shape index (κ2) is 6.44. The number of imide groups is 1. The van der Waals surface area contributed by atoms with E-state index in [-0.39, 0.29) is 23.7 Å². The number of carbonyl (C=O) groups is 2. The van der Waals surface area contributed by atoms with Crippen molar-refractivity contribution in [2.75, 3.05) is 13.7 Å². The minimum absolute atomic E-state index is 0.127. The molecule has 0 aromatic rings. The predicted molar refractivity (Wildman–Crippen MR) is 92.5 cm³/mol. The fraction of sp³-hybridized carbons (Fsp3) is 0.889. The number of carbonyl (C=O) groups excluding carboxylic acids is 2. The number of hydroxylamine groups is 2. The van der Waals surface area contributed by atoms with Gasteiger partial charge in [-0.2, -0.15) is 0 Å². The van der Waals surface area contributed by atoms with E-state index in [1.807, 2.05) is 0 Å². The quantitative estimate of drug-likeness (QED) is 0.552. The van der Waals surface area contributed by atoms with Gasteiger partial charge in [0.2, 0.25) is 0 Å². The van der Waals surface area contributed by atoms with E-state index in [9.17, 15) is 9.59 Å². The van der Waals surface area contributed by atoms with Crippen LogP contribution in [0.25, 0.3) is 0 Å². The van der Waals surface area contributed by atoms with Gasteiger partial charge in [0.1, 0.15) is 0 Å². The Morgan fingerprint density at radius 1 is 1.08 bits per heavy atom. The van der Waals surface area contributed by atoms with Gasteiger partial charge in [0.15, 0.2) is 14.6 Å². The highest BCUT2D eigenvalue weighted by Gasteiger charge is 2.66. The van der Waals surface area contributed by atoms with E-state index in [4.69, 9.17) is 14.0 Å². The molecule has 0 spiro atoms. The first-order valence-corrected chi connectivity index (χ1v) is 12.8. The smallest absolute Gasteiger partial charge is 0.257 e. The summed E-state index contributed by atoms with van der Waals surface area (Å²) in [6.07, 6.45) is 4.43. The van der Waals surface area contributed by atoms with Crippen molar-refractivity contribution in [3.05, 3.63) is 0 Å². The van der Waals surface area contributed by atoms with Crippen LogP contribution in [0.2, 0.25) is 19.1 Å². The molecule has 2 saturated carbocycles. The van der Waals surface area contributed by atoms with Gasteiger partial charge in [-0.25, -0.2) is 4.84 Å². The highest BCUT2D eigenvalue weighted by molar-refractivity contribution is 6.71. The fourth-order valence-corrected chi connectivity index (χ4v) is 7.48. The summed E-state index contributed by atoms with van der Waals surface area (Å²) < 4.78 is 11.3. The first-order chi connectivity index (χ1) is 11.9. The van der Waals surface area contributed by atoms with Crippen molar-refractivity contribution < 1.29 is 23.6 Å². The normalized spacial score (nSPS) is 40.8. The number of rotatable bonds is 5. The molecule has 25 heavy (non-hydrogen) atoms. The zero-order valence-electron chi connectivity index (χ0n) is 15.4. The van der Waals surface area contributed by atoms with Gasteiger partial charge in [-0.05, 0) is 62.6 Å². The molecule has 4 aliphatic rings. The van der Waals surface area contributed by atoms with Gasteiger partial charge in [-0.1, -0.05) is 0 Å². The van der Waals surface area contributed by atoms with Crippen molar-refractivity contribution in [2.24, 2.45) is 29.6 Å². The summed E-state index contributed by atoms with van der Waals surface area (Å²) in [5.41, 5.74) is 0. The average Bonchev–Trinajstić information content (AvgIpc) is 3.21. The highest BCUT2D eigenvalue weighted by atomic mass is 28.4. The van der Waals surface area contributed by atoms with Crippen LogP contribution in [0.3, 0.4) is 0 Å². The van der Waals surface area contributed by atoms with E-state index in [0.29, 0.717) is 24.4 Å². The SMILES string of the molecule is CO[Si](C)(C)CC1C2CCC1C1C(=O)N(OC3CCCCO3)C(=O)C21. The van der Waals surface area contributed by atoms with E-state index >= 15 is 0 Å². The molecule has 2 aliphatic carbocycles. The maximum Gasteiger partial charge on any atom is 0.257 e. The number of amides is 2. The Balaban J connectivity index is 1.49. The fourth-order valence-electron chi connectivity index (χ4n) is 5.58. The van der Waals surface area contributed by atoms with Gasteiger partial charge in [-0.15, -0.1) is 5.06 Å². The number of hydrogen-bond donors (Lipinski definition) is 0. The molecule has 2 saturated heterocycles. The molecular weight excluding hydrogens is 338 g/mol. The van der Waals surface area contributed by atoms with E-state index < -0.39 is 14.6 Å². The lowest BCUT2D eigenvalue weighted by Crippen LogP contribution is -2.40. The van der Waals surface area contributed by atoms with Crippen molar-refractivity contribution >= 4 is 20.1 Å². The van der Waals surface area contributed by atoms with Crippen LogP contribution in [0.5, 0.6) is 0 Å². The number of hydrogen-bond acceptors (Lipinski definition) is 5. The minimum Gasteiger partial charge on any atom is -0.420 e. The molecule has 2 aliphatic heterocycles. The Morgan fingerprint density at radius 3 is 2.24 bits per heavy atom. The topological polar surface area (TPSA) is 65.1 Å². The second-order valence-corrected chi connectivity index (χ2v) is 13.0. The molecule has 5 atom stereocenters. The lowest BCUT2D eigenvalue weighted by atomic mass is 9.81. The summed E-state index contributed by atoms with van der Waals surface area (Å²) in [6, 6.07) is 1.04. The predicted octanol–water partition coefficient (Wildman–Crippen LogP) is 2.55. The zero-order valence-corrected chi connectivity index (χ0v) is 16.4. The zero-order chi connectivity index (χ0) is 17.8. The van der Waals surface area contributed by atoms with Gasteiger partial charge >= 0.3 is 0 Å². The third-order valence-electron chi connectivity index (χ3n) is 6.85. The molecule has 6 nitrogen and oxygen atoms in total. The van der Waals surface area contributed by atoms with Crippen LogP contribution in [0, 0.1) is 29.6 Å². The Kier molecular flexibility index (Phi) is 4.54. The van der Waals surface area contributed by atoms with E-state index in [1.54, 1.807) is 7.11 Å².